The van der Waals surface area contributed by atoms with Crippen LogP contribution in [0.15, 0.2) is 78.9 Å². The van der Waals surface area contributed by atoms with Gasteiger partial charge in [-0.2, -0.15) is 0 Å². The Morgan fingerprint density at radius 3 is 1.86 bits per heavy atom. The van der Waals surface area contributed by atoms with Crippen molar-refractivity contribution < 1.29 is 8.42 Å². The first-order chi connectivity index (χ1) is 14.1. The van der Waals surface area contributed by atoms with E-state index in [1.165, 1.54) is 0 Å². The predicted molar refractivity (Wildman–Crippen MR) is 118 cm³/mol. The minimum Gasteiger partial charge on any atom is -0.283 e. The molecule has 0 spiro atoms. The van der Waals surface area contributed by atoms with E-state index in [0.29, 0.717) is 23.1 Å². The van der Waals surface area contributed by atoms with Crippen molar-refractivity contribution in [3.63, 3.8) is 0 Å². The molecule has 4 rings (SSSR count). The topological polar surface area (TPSA) is 72.0 Å². The van der Waals surface area contributed by atoms with Crippen LogP contribution in [-0.4, -0.2) is 24.1 Å². The van der Waals surface area contributed by atoms with Gasteiger partial charge in [0.15, 0.2) is 0 Å². The minimum atomic E-state index is -3.36. The van der Waals surface area contributed by atoms with Gasteiger partial charge in [0.1, 0.15) is 0 Å². The van der Waals surface area contributed by atoms with Crippen LogP contribution in [0.25, 0.3) is 33.5 Å². The third kappa shape index (κ3) is 4.27. The molecule has 0 bridgehead atoms. The summed E-state index contributed by atoms with van der Waals surface area (Å²) in [4.78, 5) is 9.72. The molecule has 1 aromatic heterocycles. The maximum Gasteiger partial charge on any atom is 0.232 e. The monoisotopic (exact) mass is 403 g/mol. The van der Waals surface area contributed by atoms with Crippen LogP contribution in [0.4, 0.5) is 5.69 Å². The van der Waals surface area contributed by atoms with E-state index in [1.54, 1.807) is 18.2 Å². The fourth-order valence-corrected chi connectivity index (χ4v) is 4.34. The zero-order valence-electron chi connectivity index (χ0n) is 16.0. The zero-order chi connectivity index (χ0) is 20.3. The van der Waals surface area contributed by atoms with Crippen molar-refractivity contribution in [1.29, 1.82) is 0 Å². The Morgan fingerprint density at radius 1 is 0.759 bits per heavy atom. The van der Waals surface area contributed by atoms with Gasteiger partial charge >= 0.3 is 0 Å². The van der Waals surface area contributed by atoms with E-state index >= 15 is 0 Å². The van der Waals surface area contributed by atoms with E-state index in [4.69, 9.17) is 9.97 Å². The van der Waals surface area contributed by atoms with Gasteiger partial charge in [0, 0.05) is 11.1 Å². The summed E-state index contributed by atoms with van der Waals surface area (Å²) in [6.45, 7) is 1.84. The van der Waals surface area contributed by atoms with E-state index in [2.05, 4.69) is 4.72 Å². The first-order valence-corrected chi connectivity index (χ1v) is 11.1. The third-order valence-electron chi connectivity index (χ3n) is 4.50. The quantitative estimate of drug-likeness (QED) is 0.485. The number of fused-ring (bicyclic) bond motifs is 1. The maximum absolute atomic E-state index is 12.1. The molecule has 6 heteroatoms. The molecule has 3 aromatic carbocycles. The van der Waals surface area contributed by atoms with E-state index in [0.717, 1.165) is 22.5 Å². The van der Waals surface area contributed by atoms with Crippen LogP contribution in [0.1, 0.15) is 13.3 Å². The van der Waals surface area contributed by atoms with Crippen LogP contribution in [0.3, 0.4) is 0 Å². The van der Waals surface area contributed by atoms with Crippen LogP contribution in [0, 0.1) is 0 Å². The first kappa shape index (κ1) is 19.1. The highest BCUT2D eigenvalue weighted by Crippen LogP contribution is 2.31. The molecule has 146 valence electrons. The molecule has 1 heterocycles. The summed E-state index contributed by atoms with van der Waals surface area (Å²) in [7, 11) is -3.36. The lowest BCUT2D eigenvalue weighted by atomic mass is 10.0. The second kappa shape index (κ2) is 8.01. The van der Waals surface area contributed by atoms with Gasteiger partial charge < -0.3 is 0 Å². The van der Waals surface area contributed by atoms with E-state index < -0.39 is 10.0 Å². The van der Waals surface area contributed by atoms with Crippen molar-refractivity contribution in [2.24, 2.45) is 0 Å². The van der Waals surface area contributed by atoms with Gasteiger partial charge in [0.2, 0.25) is 10.0 Å². The lowest BCUT2D eigenvalue weighted by Crippen LogP contribution is -2.16. The lowest BCUT2D eigenvalue weighted by Gasteiger charge is -2.12. The fourth-order valence-electron chi connectivity index (χ4n) is 3.21. The minimum absolute atomic E-state index is 0.0823. The molecule has 0 aliphatic carbocycles. The van der Waals surface area contributed by atoms with Crippen LogP contribution < -0.4 is 4.72 Å². The number of benzene rings is 3. The van der Waals surface area contributed by atoms with Gasteiger partial charge in [-0.25, -0.2) is 18.4 Å². The van der Waals surface area contributed by atoms with Crippen molar-refractivity contribution in [3.05, 3.63) is 78.9 Å². The Bertz CT molecular complexity index is 1240. The molecule has 1 N–H and O–H groups in total. The summed E-state index contributed by atoms with van der Waals surface area (Å²) >= 11 is 0. The van der Waals surface area contributed by atoms with Gasteiger partial charge in [-0.15, -0.1) is 0 Å². The summed E-state index contributed by atoms with van der Waals surface area (Å²) in [5.41, 5.74) is 5.33. The standard InChI is InChI=1S/C23H21N3O2S/c1-2-15-29(27,28)26-19-13-14-20-21(16-19)25-23(18-11-7-4-8-12-18)22(24-20)17-9-5-3-6-10-17/h3-14,16,26H,2,15H2,1H3. The number of sulfonamides is 1. The van der Waals surface area contributed by atoms with E-state index in [9.17, 15) is 8.42 Å². The highest BCUT2D eigenvalue weighted by atomic mass is 32.2. The number of aromatic nitrogens is 2. The average Bonchev–Trinajstić information content (AvgIpc) is 2.73. The van der Waals surface area contributed by atoms with Crippen molar-refractivity contribution in [2.75, 3.05) is 10.5 Å². The number of hydrogen-bond acceptors (Lipinski definition) is 4. The largest absolute Gasteiger partial charge is 0.283 e. The molecule has 0 amide bonds. The van der Waals surface area contributed by atoms with Crippen LogP contribution >= 0.6 is 0 Å². The molecule has 0 radical (unpaired) electrons. The lowest BCUT2D eigenvalue weighted by molar-refractivity contribution is 0.600. The summed E-state index contributed by atoms with van der Waals surface area (Å²) < 4.78 is 26.9. The first-order valence-electron chi connectivity index (χ1n) is 9.49. The molecule has 4 aromatic rings. The highest BCUT2D eigenvalue weighted by molar-refractivity contribution is 7.92. The van der Waals surface area contributed by atoms with Crippen LogP contribution in [-0.2, 0) is 10.0 Å². The Hall–Kier alpha value is -3.25. The zero-order valence-corrected chi connectivity index (χ0v) is 16.9. The van der Waals surface area contributed by atoms with Crippen molar-refractivity contribution >= 4 is 26.7 Å². The predicted octanol–water partition coefficient (Wildman–Crippen LogP) is 5.12. The number of rotatable bonds is 6. The van der Waals surface area contributed by atoms with Gasteiger partial charge in [-0.05, 0) is 24.6 Å². The molecule has 0 fully saturated rings. The number of hydrogen-bond donors (Lipinski definition) is 1. The molecule has 0 aliphatic rings. The highest BCUT2D eigenvalue weighted by Gasteiger charge is 2.14. The van der Waals surface area contributed by atoms with Crippen molar-refractivity contribution in [2.45, 2.75) is 13.3 Å². The number of nitrogens with zero attached hydrogens (tertiary/aromatic N) is 2. The van der Waals surface area contributed by atoms with E-state index in [1.807, 2.05) is 67.6 Å². The molecule has 0 unspecified atom stereocenters. The summed E-state index contributed by atoms with van der Waals surface area (Å²) in [5.74, 6) is 0.0823. The fraction of sp³-hybridized carbons (Fsp3) is 0.130. The molecule has 0 saturated carbocycles. The normalized spacial score (nSPS) is 11.5. The van der Waals surface area contributed by atoms with Gasteiger partial charge in [-0.3, -0.25) is 4.72 Å². The van der Waals surface area contributed by atoms with Gasteiger partial charge in [0.25, 0.3) is 0 Å². The van der Waals surface area contributed by atoms with Crippen molar-refractivity contribution in [3.8, 4) is 22.5 Å². The van der Waals surface area contributed by atoms with Gasteiger partial charge in [-0.1, -0.05) is 67.6 Å². The molecule has 5 nitrogen and oxygen atoms in total. The Balaban J connectivity index is 1.87. The average molecular weight is 404 g/mol. The summed E-state index contributed by atoms with van der Waals surface area (Å²) in [6.07, 6.45) is 0.557. The van der Waals surface area contributed by atoms with Crippen LogP contribution in [0.2, 0.25) is 0 Å². The SMILES string of the molecule is CCCS(=O)(=O)Nc1ccc2nc(-c3ccccc3)c(-c3ccccc3)nc2c1. The molecular weight excluding hydrogens is 382 g/mol. The number of nitrogens with one attached hydrogen (secondary N) is 1. The smallest absolute Gasteiger partial charge is 0.232 e. The molecule has 29 heavy (non-hydrogen) atoms. The van der Waals surface area contributed by atoms with Crippen molar-refractivity contribution in [1.82, 2.24) is 9.97 Å². The number of anilines is 1. The summed E-state index contributed by atoms with van der Waals surface area (Å²) in [5, 5.41) is 0. The van der Waals surface area contributed by atoms with Gasteiger partial charge in [0.05, 0.1) is 33.9 Å². The Kier molecular flexibility index (Phi) is 5.27. The maximum atomic E-state index is 12.1. The van der Waals surface area contributed by atoms with Crippen LogP contribution in [0.5, 0.6) is 0 Å². The Morgan fingerprint density at radius 2 is 1.31 bits per heavy atom. The molecule has 0 saturated heterocycles. The second-order valence-corrected chi connectivity index (χ2v) is 8.62. The molecule has 0 aliphatic heterocycles. The third-order valence-corrected chi connectivity index (χ3v) is 6.00. The molecular formula is C23H21N3O2S. The summed E-state index contributed by atoms with van der Waals surface area (Å²) in [6, 6.07) is 25.1. The Labute approximate surface area is 170 Å². The van der Waals surface area contributed by atoms with E-state index in [-0.39, 0.29) is 5.75 Å². The second-order valence-electron chi connectivity index (χ2n) is 6.78. The molecule has 0 atom stereocenters.